The van der Waals surface area contributed by atoms with E-state index in [1.54, 1.807) is 0 Å². The molecule has 1 aromatic carbocycles. The highest BCUT2D eigenvalue weighted by molar-refractivity contribution is 5.94. The second kappa shape index (κ2) is 8.47. The highest BCUT2D eigenvalue weighted by atomic mass is 16.3. The lowest BCUT2D eigenvalue weighted by molar-refractivity contribution is 0.0939. The van der Waals surface area contributed by atoms with Gasteiger partial charge in [-0.25, -0.2) is 4.68 Å². The summed E-state index contributed by atoms with van der Waals surface area (Å²) in [5.74, 6) is 0.386. The number of hydrogen-bond acceptors (Lipinski definition) is 4. The number of benzene rings is 1. The molecule has 0 unspecified atom stereocenters. The van der Waals surface area contributed by atoms with Crippen molar-refractivity contribution in [3.05, 3.63) is 47.3 Å². The van der Waals surface area contributed by atoms with Gasteiger partial charge in [-0.05, 0) is 70.0 Å². The van der Waals surface area contributed by atoms with Gasteiger partial charge in [0.2, 0.25) is 0 Å². The Balaban J connectivity index is 1.54. The number of hydrogen-bond donors (Lipinski definition) is 2. The fourth-order valence-electron chi connectivity index (χ4n) is 3.49. The monoisotopic (exact) mass is 356 g/mol. The molecular formula is C20H28N4O2. The summed E-state index contributed by atoms with van der Waals surface area (Å²) in [5, 5.41) is 16.7. The van der Waals surface area contributed by atoms with Gasteiger partial charge in [0.1, 0.15) is 0 Å². The first-order valence-electron chi connectivity index (χ1n) is 9.32. The van der Waals surface area contributed by atoms with Crippen molar-refractivity contribution in [1.29, 1.82) is 0 Å². The number of carbonyl (C=O) groups excluding carboxylic acids is 1. The van der Waals surface area contributed by atoms with Crippen molar-refractivity contribution in [2.45, 2.75) is 26.7 Å². The first kappa shape index (κ1) is 18.6. The van der Waals surface area contributed by atoms with E-state index in [0.29, 0.717) is 18.0 Å². The molecule has 6 nitrogen and oxygen atoms in total. The van der Waals surface area contributed by atoms with Crippen LogP contribution in [-0.4, -0.2) is 58.5 Å². The number of nitrogens with one attached hydrogen (secondary N) is 1. The zero-order chi connectivity index (χ0) is 18.5. The van der Waals surface area contributed by atoms with Gasteiger partial charge in [-0.1, -0.05) is 6.07 Å². The predicted molar refractivity (Wildman–Crippen MR) is 102 cm³/mol. The van der Waals surface area contributed by atoms with Gasteiger partial charge < -0.3 is 15.3 Å². The normalized spacial score (nSPS) is 16.0. The molecule has 26 heavy (non-hydrogen) atoms. The molecule has 3 rings (SSSR count). The zero-order valence-corrected chi connectivity index (χ0v) is 15.6. The number of aryl methyl sites for hydroxylation is 2. The van der Waals surface area contributed by atoms with Gasteiger partial charge in [0.25, 0.3) is 5.91 Å². The first-order chi connectivity index (χ1) is 12.6. The Hall–Kier alpha value is -2.18. The number of carbonyl (C=O) groups is 1. The second-order valence-electron chi connectivity index (χ2n) is 7.11. The van der Waals surface area contributed by atoms with Crippen LogP contribution in [-0.2, 0) is 0 Å². The standard InChI is InChI=1S/C20H28N4O2/c1-15-12-16(2)24(22-15)19-5-3-4-18(13-19)20(26)21-8-11-23-9-6-17(14-25)7-10-23/h3-5,12-13,17,25H,6-11,14H2,1-2H3,(H,21,26). The summed E-state index contributed by atoms with van der Waals surface area (Å²) < 4.78 is 1.86. The molecule has 1 amide bonds. The van der Waals surface area contributed by atoms with Crippen LogP contribution in [0, 0.1) is 19.8 Å². The number of aliphatic hydroxyl groups is 1. The average molecular weight is 356 g/mol. The SMILES string of the molecule is Cc1cc(C)n(-c2cccc(C(=O)NCCN3CCC(CO)CC3)c2)n1. The molecule has 0 saturated carbocycles. The van der Waals surface area contributed by atoms with E-state index in [1.807, 2.05) is 48.9 Å². The van der Waals surface area contributed by atoms with E-state index in [2.05, 4.69) is 15.3 Å². The Kier molecular flexibility index (Phi) is 6.06. The molecule has 0 radical (unpaired) electrons. The van der Waals surface area contributed by atoms with Crippen LogP contribution < -0.4 is 5.32 Å². The fourth-order valence-corrected chi connectivity index (χ4v) is 3.49. The van der Waals surface area contributed by atoms with Gasteiger partial charge in [0.15, 0.2) is 0 Å². The topological polar surface area (TPSA) is 70.4 Å². The van der Waals surface area contributed by atoms with Crippen LogP contribution in [0.4, 0.5) is 0 Å². The Labute approximate surface area is 154 Å². The maximum atomic E-state index is 12.5. The van der Waals surface area contributed by atoms with Crippen LogP contribution in [0.3, 0.4) is 0 Å². The molecule has 2 heterocycles. The molecule has 2 N–H and O–H groups in total. The van der Waals surface area contributed by atoms with Crippen molar-refractivity contribution in [2.75, 3.05) is 32.8 Å². The van der Waals surface area contributed by atoms with Crippen LogP contribution >= 0.6 is 0 Å². The van der Waals surface area contributed by atoms with Crippen LogP contribution in [0.15, 0.2) is 30.3 Å². The van der Waals surface area contributed by atoms with Gasteiger partial charge >= 0.3 is 0 Å². The Bertz CT molecular complexity index is 748. The molecule has 0 bridgehead atoms. The summed E-state index contributed by atoms with van der Waals surface area (Å²) in [5.41, 5.74) is 3.55. The van der Waals surface area contributed by atoms with E-state index in [4.69, 9.17) is 0 Å². The third kappa shape index (κ3) is 4.51. The zero-order valence-electron chi connectivity index (χ0n) is 15.6. The van der Waals surface area contributed by atoms with Crippen molar-refractivity contribution in [3.63, 3.8) is 0 Å². The van der Waals surface area contributed by atoms with Crippen molar-refractivity contribution >= 4 is 5.91 Å². The maximum Gasteiger partial charge on any atom is 0.251 e. The summed E-state index contributed by atoms with van der Waals surface area (Å²) in [6.07, 6.45) is 2.07. The van der Waals surface area contributed by atoms with E-state index < -0.39 is 0 Å². The minimum absolute atomic E-state index is 0.0568. The molecule has 0 aliphatic carbocycles. The van der Waals surface area contributed by atoms with Crippen molar-refractivity contribution in [1.82, 2.24) is 20.0 Å². The largest absolute Gasteiger partial charge is 0.396 e. The van der Waals surface area contributed by atoms with Crippen LogP contribution in [0.5, 0.6) is 0 Å². The van der Waals surface area contributed by atoms with E-state index >= 15 is 0 Å². The highest BCUT2D eigenvalue weighted by Gasteiger charge is 2.18. The molecule has 1 fully saturated rings. The lowest BCUT2D eigenvalue weighted by Gasteiger charge is -2.30. The van der Waals surface area contributed by atoms with Crippen molar-refractivity contribution < 1.29 is 9.90 Å². The van der Waals surface area contributed by atoms with Gasteiger partial charge in [-0.15, -0.1) is 0 Å². The first-order valence-corrected chi connectivity index (χ1v) is 9.32. The summed E-state index contributed by atoms with van der Waals surface area (Å²) in [4.78, 5) is 14.8. The quantitative estimate of drug-likeness (QED) is 0.830. The molecule has 1 aliphatic heterocycles. The van der Waals surface area contributed by atoms with E-state index in [0.717, 1.165) is 49.6 Å². The summed E-state index contributed by atoms with van der Waals surface area (Å²) >= 11 is 0. The summed E-state index contributed by atoms with van der Waals surface area (Å²) in [6.45, 7) is 7.73. The third-order valence-corrected chi connectivity index (χ3v) is 5.04. The number of amides is 1. The van der Waals surface area contributed by atoms with Gasteiger partial charge in [-0.3, -0.25) is 4.79 Å². The Morgan fingerprint density at radius 2 is 2.04 bits per heavy atom. The number of piperidine rings is 1. The number of likely N-dealkylation sites (tertiary alicyclic amines) is 1. The van der Waals surface area contributed by atoms with Gasteiger partial charge in [0.05, 0.1) is 11.4 Å². The minimum atomic E-state index is -0.0568. The van der Waals surface area contributed by atoms with Crippen molar-refractivity contribution in [2.24, 2.45) is 5.92 Å². The van der Waals surface area contributed by atoms with E-state index in [9.17, 15) is 9.90 Å². The molecule has 0 atom stereocenters. The summed E-state index contributed by atoms with van der Waals surface area (Å²) in [6, 6.07) is 9.58. The van der Waals surface area contributed by atoms with E-state index in [-0.39, 0.29) is 12.5 Å². The minimum Gasteiger partial charge on any atom is -0.396 e. The van der Waals surface area contributed by atoms with Crippen LogP contribution in [0.25, 0.3) is 5.69 Å². The average Bonchev–Trinajstić information content (AvgIpc) is 3.00. The fraction of sp³-hybridized carbons (Fsp3) is 0.500. The molecule has 1 aromatic heterocycles. The molecule has 2 aromatic rings. The second-order valence-corrected chi connectivity index (χ2v) is 7.11. The lowest BCUT2D eigenvalue weighted by Crippen LogP contribution is -2.40. The molecule has 1 aliphatic rings. The molecule has 140 valence electrons. The van der Waals surface area contributed by atoms with Crippen LogP contribution in [0.2, 0.25) is 0 Å². The molecule has 1 saturated heterocycles. The summed E-state index contributed by atoms with van der Waals surface area (Å²) in [7, 11) is 0. The third-order valence-electron chi connectivity index (χ3n) is 5.04. The smallest absolute Gasteiger partial charge is 0.251 e. The molecular weight excluding hydrogens is 328 g/mol. The molecule has 6 heteroatoms. The number of rotatable bonds is 6. The Morgan fingerprint density at radius 1 is 1.27 bits per heavy atom. The number of aliphatic hydroxyl groups excluding tert-OH is 1. The lowest BCUT2D eigenvalue weighted by atomic mass is 9.98. The van der Waals surface area contributed by atoms with Gasteiger partial charge in [0, 0.05) is 31.0 Å². The number of nitrogens with zero attached hydrogens (tertiary/aromatic N) is 3. The number of aromatic nitrogens is 2. The van der Waals surface area contributed by atoms with Gasteiger partial charge in [-0.2, -0.15) is 5.10 Å². The maximum absolute atomic E-state index is 12.5. The van der Waals surface area contributed by atoms with E-state index in [1.165, 1.54) is 0 Å². The van der Waals surface area contributed by atoms with Crippen molar-refractivity contribution in [3.8, 4) is 5.69 Å². The molecule has 0 spiro atoms. The van der Waals surface area contributed by atoms with Crippen LogP contribution in [0.1, 0.15) is 34.6 Å². The Morgan fingerprint density at radius 3 is 2.69 bits per heavy atom. The predicted octanol–water partition coefficient (Wildman–Crippen LogP) is 1.92. The highest BCUT2D eigenvalue weighted by Crippen LogP contribution is 2.16.